The predicted octanol–water partition coefficient (Wildman–Crippen LogP) is 2.89. The van der Waals surface area contributed by atoms with Crippen LogP contribution >= 0.6 is 11.8 Å². The lowest BCUT2D eigenvalue weighted by Gasteiger charge is -2.03. The van der Waals surface area contributed by atoms with Crippen LogP contribution in [0.25, 0.3) is 0 Å². The molecule has 0 unspecified atom stereocenters. The molecule has 0 saturated heterocycles. The number of rotatable bonds is 0. The summed E-state index contributed by atoms with van der Waals surface area (Å²) in [5.74, 6) is 0.636. The highest BCUT2D eigenvalue weighted by Crippen LogP contribution is 2.30. The minimum Gasteiger partial charge on any atom is -0.294 e. The number of halogens is 1. The van der Waals surface area contributed by atoms with E-state index in [0.29, 0.717) is 16.9 Å². The first kappa shape index (κ1) is 8.75. The van der Waals surface area contributed by atoms with Crippen molar-refractivity contribution >= 4 is 17.5 Å². The third kappa shape index (κ3) is 1.61. The largest absolute Gasteiger partial charge is 0.294 e. The van der Waals surface area contributed by atoms with Gasteiger partial charge in [-0.25, -0.2) is 4.39 Å². The highest BCUT2D eigenvalue weighted by molar-refractivity contribution is 7.99. The Morgan fingerprint density at radius 3 is 3.08 bits per heavy atom. The van der Waals surface area contributed by atoms with Crippen LogP contribution in [0.3, 0.4) is 0 Å². The number of ketones is 1. The first-order valence-corrected chi connectivity index (χ1v) is 5.22. The maximum absolute atomic E-state index is 13.3. The van der Waals surface area contributed by atoms with E-state index >= 15 is 0 Å². The molecule has 1 aliphatic heterocycles. The van der Waals surface area contributed by atoms with Crippen LogP contribution in [0, 0.1) is 5.82 Å². The van der Waals surface area contributed by atoms with Crippen molar-refractivity contribution in [2.24, 2.45) is 0 Å². The Labute approximate surface area is 80.3 Å². The van der Waals surface area contributed by atoms with Crippen LogP contribution in [0.15, 0.2) is 23.1 Å². The van der Waals surface area contributed by atoms with Gasteiger partial charge in [0.1, 0.15) is 5.82 Å². The monoisotopic (exact) mass is 196 g/mol. The van der Waals surface area contributed by atoms with Crippen molar-refractivity contribution in [2.45, 2.75) is 17.7 Å². The van der Waals surface area contributed by atoms with Gasteiger partial charge < -0.3 is 0 Å². The van der Waals surface area contributed by atoms with Crippen LogP contribution in [0.4, 0.5) is 4.39 Å². The number of hydrogen-bond acceptors (Lipinski definition) is 2. The smallest absolute Gasteiger partial charge is 0.164 e. The van der Waals surface area contributed by atoms with Gasteiger partial charge in [-0.05, 0) is 18.2 Å². The van der Waals surface area contributed by atoms with Crippen molar-refractivity contribution in [3.8, 4) is 0 Å². The van der Waals surface area contributed by atoms with Crippen molar-refractivity contribution in [3.05, 3.63) is 29.6 Å². The van der Waals surface area contributed by atoms with Crippen molar-refractivity contribution in [3.63, 3.8) is 0 Å². The van der Waals surface area contributed by atoms with E-state index in [0.717, 1.165) is 12.2 Å². The highest BCUT2D eigenvalue weighted by Gasteiger charge is 2.18. The van der Waals surface area contributed by atoms with E-state index in [9.17, 15) is 9.18 Å². The minimum absolute atomic E-state index is 0.0690. The summed E-state index contributed by atoms with van der Waals surface area (Å²) in [5.41, 5.74) is 0.558. The van der Waals surface area contributed by atoms with E-state index in [-0.39, 0.29) is 11.6 Å². The normalized spacial score (nSPS) is 16.5. The van der Waals surface area contributed by atoms with Gasteiger partial charge in [0.25, 0.3) is 0 Å². The average Bonchev–Trinajstić information content (AvgIpc) is 2.30. The second-order valence-corrected chi connectivity index (χ2v) is 4.10. The van der Waals surface area contributed by atoms with Gasteiger partial charge in [0, 0.05) is 12.0 Å². The molecule has 0 aliphatic carbocycles. The van der Waals surface area contributed by atoms with Gasteiger partial charge in [0.2, 0.25) is 0 Å². The molecule has 2 rings (SSSR count). The molecule has 0 N–H and O–H groups in total. The van der Waals surface area contributed by atoms with Gasteiger partial charge in [-0.15, -0.1) is 11.8 Å². The summed E-state index contributed by atoms with van der Waals surface area (Å²) in [7, 11) is 0. The van der Waals surface area contributed by atoms with E-state index in [1.807, 2.05) is 0 Å². The third-order valence-corrected chi connectivity index (χ3v) is 3.26. The molecule has 0 saturated carbocycles. The van der Waals surface area contributed by atoms with E-state index < -0.39 is 0 Å². The lowest BCUT2D eigenvalue weighted by Crippen LogP contribution is -1.99. The number of fused-ring (bicyclic) bond motifs is 1. The predicted molar refractivity (Wildman–Crippen MR) is 50.7 cm³/mol. The molecule has 0 radical (unpaired) electrons. The van der Waals surface area contributed by atoms with Gasteiger partial charge in [0.15, 0.2) is 5.78 Å². The molecule has 1 nitrogen and oxygen atoms in total. The number of carbonyl (C=O) groups excluding carboxylic acids is 1. The Morgan fingerprint density at radius 1 is 1.38 bits per heavy atom. The lowest BCUT2D eigenvalue weighted by molar-refractivity contribution is 0.0979. The van der Waals surface area contributed by atoms with Crippen molar-refractivity contribution < 1.29 is 9.18 Å². The molecule has 0 spiro atoms. The van der Waals surface area contributed by atoms with E-state index in [1.165, 1.54) is 17.8 Å². The zero-order chi connectivity index (χ0) is 9.26. The van der Waals surface area contributed by atoms with Gasteiger partial charge >= 0.3 is 0 Å². The molecule has 0 atom stereocenters. The fourth-order valence-electron chi connectivity index (χ4n) is 1.42. The molecule has 0 fully saturated rings. The van der Waals surface area contributed by atoms with E-state index in [1.54, 1.807) is 12.1 Å². The maximum Gasteiger partial charge on any atom is 0.164 e. The molecule has 0 amide bonds. The standard InChI is InChI=1S/C10H9FOS/c11-8-4-1-3-7-9(12)5-2-6-13-10(7)8/h1,3-4H,2,5-6H2. The van der Waals surface area contributed by atoms with Crippen molar-refractivity contribution in [2.75, 3.05) is 5.75 Å². The van der Waals surface area contributed by atoms with E-state index in [2.05, 4.69) is 0 Å². The maximum atomic E-state index is 13.3. The average molecular weight is 196 g/mol. The number of Topliss-reactive ketones (excluding diaryl/α,β-unsaturated/α-hetero) is 1. The SMILES string of the molecule is O=C1CCCSc2c(F)cccc21. The molecule has 0 bridgehead atoms. The number of carbonyl (C=O) groups is 1. The van der Waals surface area contributed by atoms with Gasteiger partial charge in [-0.3, -0.25) is 4.79 Å². The van der Waals surface area contributed by atoms with Crippen LogP contribution < -0.4 is 0 Å². The summed E-state index contributed by atoms with van der Waals surface area (Å²) in [4.78, 5) is 12.0. The van der Waals surface area contributed by atoms with Crippen LogP contribution in [-0.2, 0) is 0 Å². The molecule has 1 aromatic rings. The molecule has 1 heterocycles. The summed E-state index contributed by atoms with van der Waals surface area (Å²) >= 11 is 1.44. The Hall–Kier alpha value is -0.830. The molecule has 68 valence electrons. The number of thioether (sulfide) groups is 1. The van der Waals surface area contributed by atoms with Crippen molar-refractivity contribution in [1.29, 1.82) is 0 Å². The minimum atomic E-state index is -0.266. The first-order chi connectivity index (χ1) is 6.29. The molecule has 1 aromatic carbocycles. The van der Waals surface area contributed by atoms with Gasteiger partial charge in [-0.2, -0.15) is 0 Å². The summed E-state index contributed by atoms with van der Waals surface area (Å²) in [6, 6.07) is 4.71. The third-order valence-electron chi connectivity index (χ3n) is 2.06. The zero-order valence-corrected chi connectivity index (χ0v) is 7.86. The highest BCUT2D eigenvalue weighted by atomic mass is 32.2. The summed E-state index contributed by atoms with van der Waals surface area (Å²) in [6.45, 7) is 0. The van der Waals surface area contributed by atoms with Crippen LogP contribution in [0.5, 0.6) is 0 Å². The number of hydrogen-bond donors (Lipinski definition) is 0. The Kier molecular flexibility index (Phi) is 2.36. The topological polar surface area (TPSA) is 17.1 Å². The molecular weight excluding hydrogens is 187 g/mol. The summed E-state index contributed by atoms with van der Waals surface area (Å²) < 4.78 is 13.3. The lowest BCUT2D eigenvalue weighted by atomic mass is 10.1. The molecule has 3 heteroatoms. The van der Waals surface area contributed by atoms with Crippen LogP contribution in [0.2, 0.25) is 0 Å². The fraction of sp³-hybridized carbons (Fsp3) is 0.300. The Bertz CT molecular complexity index is 349. The molecule has 13 heavy (non-hydrogen) atoms. The summed E-state index contributed by atoms with van der Waals surface area (Å²) in [5, 5.41) is 0. The van der Waals surface area contributed by atoms with Crippen molar-refractivity contribution in [1.82, 2.24) is 0 Å². The summed E-state index contributed by atoms with van der Waals surface area (Å²) in [6.07, 6.45) is 1.39. The quantitative estimate of drug-likeness (QED) is 0.634. The second kappa shape index (κ2) is 3.50. The molecule has 1 aliphatic rings. The molecule has 0 aromatic heterocycles. The Balaban J connectivity index is 2.54. The van der Waals surface area contributed by atoms with Crippen LogP contribution in [0.1, 0.15) is 23.2 Å². The fourth-order valence-corrected chi connectivity index (χ4v) is 2.45. The molecular formula is C10H9FOS. The second-order valence-electron chi connectivity index (χ2n) is 2.99. The number of benzene rings is 1. The first-order valence-electron chi connectivity index (χ1n) is 4.23. The van der Waals surface area contributed by atoms with Gasteiger partial charge in [-0.1, -0.05) is 12.1 Å². The zero-order valence-electron chi connectivity index (χ0n) is 7.05. The van der Waals surface area contributed by atoms with E-state index in [4.69, 9.17) is 0 Å². The van der Waals surface area contributed by atoms with Gasteiger partial charge in [0.05, 0.1) is 4.90 Å². The van der Waals surface area contributed by atoms with Crippen LogP contribution in [-0.4, -0.2) is 11.5 Å². The Morgan fingerprint density at radius 2 is 2.23 bits per heavy atom.